The molecule has 3 N–H and O–H groups in total. The third-order valence-electron chi connectivity index (χ3n) is 4.35. The van der Waals surface area contributed by atoms with Crippen LogP contribution in [-0.4, -0.2) is 17.4 Å². The van der Waals surface area contributed by atoms with Crippen molar-refractivity contribution in [1.29, 1.82) is 0 Å². The summed E-state index contributed by atoms with van der Waals surface area (Å²) in [7, 11) is 0. The minimum absolute atomic E-state index is 0.141. The minimum Gasteiger partial charge on any atom is -0.369 e. The molecule has 0 aliphatic rings. The summed E-state index contributed by atoms with van der Waals surface area (Å²) in [5.41, 5.74) is 7.49. The number of hydrogen-bond donors (Lipinski definition) is 2. The molecule has 6 heteroatoms. The summed E-state index contributed by atoms with van der Waals surface area (Å²) in [6.07, 6.45) is 5.73. The smallest absolute Gasteiger partial charge is 0.220 e. The summed E-state index contributed by atoms with van der Waals surface area (Å²) < 4.78 is 12.9. The van der Waals surface area contributed by atoms with E-state index in [-0.39, 0.29) is 17.6 Å². The van der Waals surface area contributed by atoms with Gasteiger partial charge in [-0.3, -0.25) is 9.78 Å². The zero-order valence-corrected chi connectivity index (χ0v) is 15.5. The van der Waals surface area contributed by atoms with Gasteiger partial charge in [0.05, 0.1) is 10.7 Å². The average Bonchev–Trinajstić information content (AvgIpc) is 2.63. The van der Waals surface area contributed by atoms with Gasteiger partial charge < -0.3 is 11.1 Å². The molecule has 2 aromatic rings. The number of halogens is 2. The van der Waals surface area contributed by atoms with E-state index in [4.69, 9.17) is 17.3 Å². The van der Waals surface area contributed by atoms with Crippen molar-refractivity contribution in [2.45, 2.75) is 38.6 Å². The van der Waals surface area contributed by atoms with Gasteiger partial charge in [-0.05, 0) is 62.1 Å². The Morgan fingerprint density at radius 3 is 2.58 bits per heavy atom. The minimum atomic E-state index is -0.259. The number of nitrogens with two attached hydrogens (primary N) is 1. The second-order valence-corrected chi connectivity index (χ2v) is 6.84. The van der Waals surface area contributed by atoms with Crippen LogP contribution in [-0.2, 0) is 17.8 Å². The number of carbonyl (C=O) groups excluding carboxylic acids is 1. The van der Waals surface area contributed by atoms with E-state index in [9.17, 15) is 9.18 Å². The van der Waals surface area contributed by atoms with Gasteiger partial charge in [0.25, 0.3) is 0 Å². The van der Waals surface area contributed by atoms with Crippen molar-refractivity contribution in [1.82, 2.24) is 10.3 Å². The van der Waals surface area contributed by atoms with Crippen LogP contribution in [0.15, 0.2) is 42.6 Å². The van der Waals surface area contributed by atoms with Crippen LogP contribution in [0.4, 0.5) is 4.39 Å². The third-order valence-corrected chi connectivity index (χ3v) is 4.57. The normalized spacial score (nSPS) is 12.1. The molecule has 0 aliphatic heterocycles. The number of nitrogens with zero attached hydrogens (tertiary/aromatic N) is 1. The molecule has 0 fully saturated rings. The van der Waals surface area contributed by atoms with E-state index < -0.39 is 0 Å². The topological polar surface area (TPSA) is 68.0 Å². The Bertz CT molecular complexity index is 676. The van der Waals surface area contributed by atoms with E-state index >= 15 is 0 Å². The molecule has 0 spiro atoms. The Morgan fingerprint density at radius 1 is 1.15 bits per heavy atom. The van der Waals surface area contributed by atoms with E-state index in [0.29, 0.717) is 18.0 Å². The van der Waals surface area contributed by atoms with Crippen LogP contribution in [0.5, 0.6) is 0 Å². The van der Waals surface area contributed by atoms with Gasteiger partial charge in [0.2, 0.25) is 5.91 Å². The third kappa shape index (κ3) is 7.50. The van der Waals surface area contributed by atoms with E-state index in [0.717, 1.165) is 43.5 Å². The van der Waals surface area contributed by atoms with Crippen molar-refractivity contribution in [3.63, 3.8) is 0 Å². The number of amides is 1. The molecule has 0 unspecified atom stereocenters. The van der Waals surface area contributed by atoms with Crippen molar-refractivity contribution in [2.24, 2.45) is 11.7 Å². The second kappa shape index (κ2) is 10.9. The lowest BCUT2D eigenvalue weighted by Gasteiger charge is -2.13. The standard InChI is InChI=1S/C20H25ClFN3O/c21-17-8-11-19(25-13-17)14-24-12-2-1-3-16(20(23)26)7-4-15-5-9-18(22)10-6-15/h5-6,8-11,13,16,24H,1-4,7,12,14H2,(H2,23,26)/t16-/m0/s1. The second-order valence-electron chi connectivity index (χ2n) is 6.40. The summed E-state index contributed by atoms with van der Waals surface area (Å²) in [6, 6.07) is 10.1. The fraction of sp³-hybridized carbons (Fsp3) is 0.400. The molecular weight excluding hydrogens is 353 g/mol. The zero-order chi connectivity index (χ0) is 18.8. The Hall–Kier alpha value is -1.98. The first-order chi connectivity index (χ1) is 12.5. The number of rotatable bonds is 11. The first-order valence-electron chi connectivity index (χ1n) is 8.89. The number of pyridine rings is 1. The summed E-state index contributed by atoms with van der Waals surface area (Å²) >= 11 is 5.80. The number of benzene rings is 1. The fourth-order valence-electron chi connectivity index (χ4n) is 2.79. The average molecular weight is 378 g/mol. The van der Waals surface area contributed by atoms with Crippen LogP contribution < -0.4 is 11.1 Å². The van der Waals surface area contributed by atoms with Gasteiger partial charge in [-0.15, -0.1) is 0 Å². The van der Waals surface area contributed by atoms with Gasteiger partial charge in [0, 0.05) is 18.7 Å². The van der Waals surface area contributed by atoms with Gasteiger partial charge in [-0.1, -0.05) is 30.2 Å². The van der Waals surface area contributed by atoms with E-state index in [1.54, 1.807) is 18.3 Å². The SMILES string of the molecule is NC(=O)[C@@H](CCCCNCc1ccc(Cl)cn1)CCc1ccc(F)cc1. The maximum Gasteiger partial charge on any atom is 0.220 e. The maximum atomic E-state index is 12.9. The molecule has 0 aliphatic carbocycles. The molecule has 1 atom stereocenters. The summed E-state index contributed by atoms with van der Waals surface area (Å²) in [6.45, 7) is 1.55. The maximum absolute atomic E-state index is 12.9. The Labute approximate surface area is 159 Å². The van der Waals surface area contributed by atoms with Crippen molar-refractivity contribution < 1.29 is 9.18 Å². The number of aromatic nitrogens is 1. The fourth-order valence-corrected chi connectivity index (χ4v) is 2.90. The largest absolute Gasteiger partial charge is 0.369 e. The van der Waals surface area contributed by atoms with Crippen LogP contribution >= 0.6 is 11.6 Å². The Balaban J connectivity index is 1.62. The molecule has 1 aromatic carbocycles. The van der Waals surface area contributed by atoms with Gasteiger partial charge >= 0.3 is 0 Å². The summed E-state index contributed by atoms with van der Waals surface area (Å²) in [5, 5.41) is 3.96. The van der Waals surface area contributed by atoms with Gasteiger partial charge in [-0.25, -0.2) is 4.39 Å². The number of unbranched alkanes of at least 4 members (excludes halogenated alkanes) is 1. The van der Waals surface area contributed by atoms with E-state index in [1.807, 2.05) is 12.1 Å². The molecule has 4 nitrogen and oxygen atoms in total. The quantitative estimate of drug-likeness (QED) is 0.584. The molecule has 2 rings (SSSR count). The first kappa shape index (κ1) is 20.3. The molecule has 140 valence electrons. The highest BCUT2D eigenvalue weighted by atomic mass is 35.5. The van der Waals surface area contributed by atoms with Crippen LogP contribution in [0.3, 0.4) is 0 Å². The molecule has 0 radical (unpaired) electrons. The van der Waals surface area contributed by atoms with Crippen LogP contribution in [0.25, 0.3) is 0 Å². The molecule has 1 aromatic heterocycles. The van der Waals surface area contributed by atoms with Gasteiger partial charge in [-0.2, -0.15) is 0 Å². The van der Waals surface area contributed by atoms with Gasteiger partial charge in [0.1, 0.15) is 5.82 Å². The highest BCUT2D eigenvalue weighted by Gasteiger charge is 2.14. The molecule has 26 heavy (non-hydrogen) atoms. The van der Waals surface area contributed by atoms with E-state index in [1.165, 1.54) is 12.1 Å². The van der Waals surface area contributed by atoms with Crippen LogP contribution in [0.2, 0.25) is 5.02 Å². The van der Waals surface area contributed by atoms with Crippen molar-refractivity contribution in [3.05, 3.63) is 64.7 Å². The Kier molecular flexibility index (Phi) is 8.51. The summed E-state index contributed by atoms with van der Waals surface area (Å²) in [4.78, 5) is 15.9. The number of aryl methyl sites for hydroxylation is 1. The first-order valence-corrected chi connectivity index (χ1v) is 9.27. The van der Waals surface area contributed by atoms with Gasteiger partial charge in [0.15, 0.2) is 0 Å². The molecular formula is C20H25ClFN3O. The molecule has 1 heterocycles. The predicted molar refractivity (Wildman–Crippen MR) is 102 cm³/mol. The van der Waals surface area contributed by atoms with E-state index in [2.05, 4.69) is 10.3 Å². The van der Waals surface area contributed by atoms with Crippen LogP contribution in [0.1, 0.15) is 36.9 Å². The van der Waals surface area contributed by atoms with Crippen molar-refractivity contribution in [3.8, 4) is 0 Å². The monoisotopic (exact) mass is 377 g/mol. The zero-order valence-electron chi connectivity index (χ0n) is 14.8. The molecule has 0 bridgehead atoms. The van der Waals surface area contributed by atoms with Crippen molar-refractivity contribution in [2.75, 3.05) is 6.54 Å². The lowest BCUT2D eigenvalue weighted by Crippen LogP contribution is -2.24. The number of carbonyl (C=O) groups is 1. The highest BCUT2D eigenvalue weighted by Crippen LogP contribution is 2.16. The highest BCUT2D eigenvalue weighted by molar-refractivity contribution is 6.30. The number of hydrogen-bond acceptors (Lipinski definition) is 3. The lowest BCUT2D eigenvalue weighted by molar-refractivity contribution is -0.122. The Morgan fingerprint density at radius 2 is 1.92 bits per heavy atom. The lowest BCUT2D eigenvalue weighted by atomic mass is 9.94. The molecule has 0 saturated heterocycles. The van der Waals surface area contributed by atoms with Crippen LogP contribution in [0, 0.1) is 11.7 Å². The number of nitrogens with one attached hydrogen (secondary N) is 1. The predicted octanol–water partition coefficient (Wildman–Crippen LogP) is 3.87. The number of primary amides is 1. The molecule has 1 amide bonds. The molecule has 0 saturated carbocycles. The summed E-state index contributed by atoms with van der Waals surface area (Å²) in [5.74, 6) is -0.648. The van der Waals surface area contributed by atoms with Crippen molar-refractivity contribution >= 4 is 17.5 Å².